The van der Waals surface area contributed by atoms with Gasteiger partial charge in [0.25, 0.3) is 0 Å². The lowest BCUT2D eigenvalue weighted by Crippen LogP contribution is -2.44. The summed E-state index contributed by atoms with van der Waals surface area (Å²) in [6.07, 6.45) is 0.673. The molecule has 2 saturated heterocycles. The molecule has 1 N–H and O–H groups in total. The van der Waals surface area contributed by atoms with Gasteiger partial charge in [0, 0.05) is 56.7 Å². The molecule has 1 aromatic heterocycles. The standard InChI is InChI=1S/C21H27FN6O2/c1-25-11-13-26(14-12-25)20-9-8-19(28(29)30)21(24-20)23-17-4-6-18(7-5-17)27-10-2-3-16(22)15-27/h4-9,16H,2-3,10-15H2,1H3,(H,23,24). The number of nitro groups is 1. The van der Waals surface area contributed by atoms with Gasteiger partial charge in [0.1, 0.15) is 12.0 Å². The van der Waals surface area contributed by atoms with Gasteiger partial charge in [0.05, 0.1) is 4.92 Å². The van der Waals surface area contributed by atoms with Crippen LogP contribution in [0.4, 0.5) is 33.1 Å². The van der Waals surface area contributed by atoms with E-state index < -0.39 is 11.1 Å². The first-order valence-corrected chi connectivity index (χ1v) is 10.3. The molecular formula is C21H27FN6O2. The van der Waals surface area contributed by atoms with Crippen molar-refractivity contribution in [1.82, 2.24) is 9.88 Å². The van der Waals surface area contributed by atoms with Crippen LogP contribution in [0.15, 0.2) is 36.4 Å². The summed E-state index contributed by atoms with van der Waals surface area (Å²) in [6.45, 7) is 4.78. The van der Waals surface area contributed by atoms with Gasteiger partial charge in [-0.15, -0.1) is 0 Å². The fourth-order valence-electron chi connectivity index (χ4n) is 3.94. The minimum Gasteiger partial charge on any atom is -0.369 e. The first-order valence-electron chi connectivity index (χ1n) is 10.3. The van der Waals surface area contributed by atoms with E-state index in [2.05, 4.69) is 27.1 Å². The van der Waals surface area contributed by atoms with Crippen LogP contribution in [0.2, 0.25) is 0 Å². The van der Waals surface area contributed by atoms with Crippen molar-refractivity contribution in [3.05, 3.63) is 46.5 Å². The summed E-state index contributed by atoms with van der Waals surface area (Å²) in [5, 5.41) is 14.6. The predicted molar refractivity (Wildman–Crippen MR) is 117 cm³/mol. The summed E-state index contributed by atoms with van der Waals surface area (Å²) in [5.74, 6) is 0.959. The average molecular weight is 414 g/mol. The molecule has 0 spiro atoms. The van der Waals surface area contributed by atoms with Crippen LogP contribution in [0.3, 0.4) is 0 Å². The second-order valence-electron chi connectivity index (χ2n) is 7.94. The van der Waals surface area contributed by atoms with Crippen molar-refractivity contribution in [2.45, 2.75) is 19.0 Å². The van der Waals surface area contributed by atoms with E-state index in [0.29, 0.717) is 18.7 Å². The summed E-state index contributed by atoms with van der Waals surface area (Å²) in [6, 6.07) is 10.7. The van der Waals surface area contributed by atoms with E-state index in [1.165, 1.54) is 6.07 Å². The predicted octanol–water partition coefficient (Wildman–Crippen LogP) is 3.42. The van der Waals surface area contributed by atoms with Gasteiger partial charge in [-0.3, -0.25) is 10.1 Å². The SMILES string of the molecule is CN1CCN(c2ccc([N+](=O)[O-])c(Nc3ccc(N4CCCC(F)C4)cc3)n2)CC1. The van der Waals surface area contributed by atoms with E-state index in [4.69, 9.17) is 0 Å². The van der Waals surface area contributed by atoms with Gasteiger partial charge in [0.15, 0.2) is 0 Å². The molecule has 8 nitrogen and oxygen atoms in total. The normalized spacial score (nSPS) is 20.3. The fourth-order valence-corrected chi connectivity index (χ4v) is 3.94. The number of nitrogens with zero attached hydrogens (tertiary/aromatic N) is 5. The molecule has 0 amide bonds. The van der Waals surface area contributed by atoms with Gasteiger partial charge in [-0.2, -0.15) is 0 Å². The first kappa shape index (κ1) is 20.3. The third-order valence-corrected chi connectivity index (χ3v) is 5.74. The second-order valence-corrected chi connectivity index (χ2v) is 7.94. The summed E-state index contributed by atoms with van der Waals surface area (Å²) in [7, 11) is 2.08. The van der Waals surface area contributed by atoms with Crippen LogP contribution >= 0.6 is 0 Å². The molecular weight excluding hydrogens is 387 g/mol. The number of piperidine rings is 1. The first-order chi connectivity index (χ1) is 14.5. The number of aromatic nitrogens is 1. The Morgan fingerprint density at radius 3 is 2.47 bits per heavy atom. The van der Waals surface area contributed by atoms with Crippen LogP contribution in [0.1, 0.15) is 12.8 Å². The van der Waals surface area contributed by atoms with Gasteiger partial charge < -0.3 is 20.0 Å². The Bertz CT molecular complexity index is 886. The Morgan fingerprint density at radius 2 is 1.80 bits per heavy atom. The average Bonchev–Trinajstić information content (AvgIpc) is 2.74. The highest BCUT2D eigenvalue weighted by Crippen LogP contribution is 2.30. The zero-order valence-corrected chi connectivity index (χ0v) is 17.1. The van der Waals surface area contributed by atoms with Crippen molar-refractivity contribution in [1.29, 1.82) is 0 Å². The molecule has 2 fully saturated rings. The molecule has 0 aliphatic carbocycles. The lowest BCUT2D eigenvalue weighted by molar-refractivity contribution is -0.384. The summed E-state index contributed by atoms with van der Waals surface area (Å²) < 4.78 is 13.7. The van der Waals surface area contributed by atoms with Crippen molar-refractivity contribution in [2.75, 3.05) is 61.4 Å². The van der Waals surface area contributed by atoms with E-state index >= 15 is 0 Å². The van der Waals surface area contributed by atoms with Gasteiger partial charge in [-0.25, -0.2) is 9.37 Å². The van der Waals surface area contributed by atoms with Crippen molar-refractivity contribution in [3.63, 3.8) is 0 Å². The zero-order valence-electron chi connectivity index (χ0n) is 17.1. The molecule has 0 saturated carbocycles. The number of rotatable bonds is 5. The number of nitrogens with one attached hydrogen (secondary N) is 1. The number of alkyl halides is 1. The Hall–Kier alpha value is -2.94. The van der Waals surface area contributed by atoms with Crippen molar-refractivity contribution >= 4 is 28.7 Å². The third kappa shape index (κ3) is 4.62. The molecule has 2 aliphatic heterocycles. The second kappa shape index (κ2) is 8.83. The Kier molecular flexibility index (Phi) is 5.98. The Balaban J connectivity index is 1.52. The van der Waals surface area contributed by atoms with Gasteiger partial charge in [0.2, 0.25) is 5.82 Å². The molecule has 9 heteroatoms. The third-order valence-electron chi connectivity index (χ3n) is 5.74. The molecule has 2 aliphatic rings. The van der Waals surface area contributed by atoms with E-state index in [1.807, 2.05) is 29.2 Å². The molecule has 160 valence electrons. The van der Waals surface area contributed by atoms with Gasteiger partial charge >= 0.3 is 5.69 Å². The molecule has 0 radical (unpaired) electrons. The lowest BCUT2D eigenvalue weighted by atomic mass is 10.1. The minimum atomic E-state index is -0.791. The highest BCUT2D eigenvalue weighted by atomic mass is 19.1. The fraction of sp³-hybridized carbons (Fsp3) is 0.476. The van der Waals surface area contributed by atoms with Crippen molar-refractivity contribution < 1.29 is 9.31 Å². The number of likely N-dealkylation sites (N-methyl/N-ethyl adjacent to an activating group) is 1. The summed E-state index contributed by atoms with van der Waals surface area (Å²) >= 11 is 0. The van der Waals surface area contributed by atoms with Gasteiger partial charge in [-0.05, 0) is 50.2 Å². The van der Waals surface area contributed by atoms with E-state index in [1.54, 1.807) is 6.07 Å². The maximum absolute atomic E-state index is 13.7. The quantitative estimate of drug-likeness (QED) is 0.593. The largest absolute Gasteiger partial charge is 0.369 e. The highest BCUT2D eigenvalue weighted by molar-refractivity contribution is 5.69. The monoisotopic (exact) mass is 414 g/mol. The van der Waals surface area contributed by atoms with E-state index in [-0.39, 0.29) is 11.5 Å². The van der Waals surface area contributed by atoms with Crippen LogP contribution in [0.5, 0.6) is 0 Å². The van der Waals surface area contributed by atoms with E-state index in [9.17, 15) is 14.5 Å². The molecule has 1 unspecified atom stereocenters. The molecule has 0 bridgehead atoms. The number of pyridine rings is 1. The zero-order chi connectivity index (χ0) is 21.1. The van der Waals surface area contributed by atoms with Crippen molar-refractivity contribution in [2.24, 2.45) is 0 Å². The minimum absolute atomic E-state index is 0.0618. The van der Waals surface area contributed by atoms with Crippen LogP contribution in [0, 0.1) is 10.1 Å². The molecule has 30 heavy (non-hydrogen) atoms. The Labute approximate surface area is 175 Å². The number of piperazine rings is 1. The topological polar surface area (TPSA) is 77.8 Å². The number of anilines is 4. The summed E-state index contributed by atoms with van der Waals surface area (Å²) in [4.78, 5) is 22.0. The molecule has 1 atom stereocenters. The number of hydrogen-bond donors (Lipinski definition) is 1. The van der Waals surface area contributed by atoms with Crippen LogP contribution in [-0.4, -0.2) is 67.3 Å². The lowest BCUT2D eigenvalue weighted by Gasteiger charge is -2.33. The molecule has 3 heterocycles. The maximum atomic E-state index is 13.7. The molecule has 2 aromatic rings. The van der Waals surface area contributed by atoms with Gasteiger partial charge in [-0.1, -0.05) is 0 Å². The number of benzene rings is 1. The smallest absolute Gasteiger partial charge is 0.311 e. The van der Waals surface area contributed by atoms with Crippen LogP contribution in [0.25, 0.3) is 0 Å². The number of hydrogen-bond acceptors (Lipinski definition) is 7. The Morgan fingerprint density at radius 1 is 1.07 bits per heavy atom. The number of halogens is 1. The summed E-state index contributed by atoms with van der Waals surface area (Å²) in [5.41, 5.74) is 1.60. The van der Waals surface area contributed by atoms with E-state index in [0.717, 1.165) is 50.6 Å². The van der Waals surface area contributed by atoms with Crippen LogP contribution in [-0.2, 0) is 0 Å². The highest BCUT2D eigenvalue weighted by Gasteiger charge is 2.22. The maximum Gasteiger partial charge on any atom is 0.311 e. The van der Waals surface area contributed by atoms with Crippen LogP contribution < -0.4 is 15.1 Å². The molecule has 1 aromatic carbocycles. The van der Waals surface area contributed by atoms with Crippen molar-refractivity contribution in [3.8, 4) is 0 Å². The molecule has 4 rings (SSSR count).